The van der Waals surface area contributed by atoms with E-state index in [2.05, 4.69) is 6.92 Å². The van der Waals surface area contributed by atoms with Crippen LogP contribution in [0.5, 0.6) is 0 Å². The Balaban J connectivity index is 2.95. The molecule has 0 aromatic heterocycles. The summed E-state index contributed by atoms with van der Waals surface area (Å²) in [6, 6.07) is 0. The van der Waals surface area contributed by atoms with Crippen molar-refractivity contribution in [3.05, 3.63) is 35.1 Å². The molecule has 0 amide bonds. The summed E-state index contributed by atoms with van der Waals surface area (Å²) in [6.45, 7) is 4.10. The van der Waals surface area contributed by atoms with Crippen molar-refractivity contribution in [1.29, 1.82) is 0 Å². The highest BCUT2D eigenvalue weighted by molar-refractivity contribution is 5.34. The van der Waals surface area contributed by atoms with E-state index in [1.807, 2.05) is 25.2 Å². The van der Waals surface area contributed by atoms with Gasteiger partial charge in [0.25, 0.3) is 0 Å². The van der Waals surface area contributed by atoms with E-state index in [4.69, 9.17) is 0 Å². The smallest absolute Gasteiger partial charge is 0.0992 e. The monoisotopic (exact) mass is 150 g/mol. The van der Waals surface area contributed by atoms with Crippen molar-refractivity contribution in [2.24, 2.45) is 0 Å². The van der Waals surface area contributed by atoms with Crippen LogP contribution < -0.4 is 0 Å². The summed E-state index contributed by atoms with van der Waals surface area (Å²) in [5, 5.41) is 9.45. The number of aliphatic hydroxyl groups excluding tert-OH is 1. The second-order valence-corrected chi connectivity index (χ2v) is 2.82. The number of rotatable bonds is 1. The van der Waals surface area contributed by atoms with Gasteiger partial charge in [-0.25, -0.2) is 0 Å². The average molecular weight is 150 g/mol. The first-order valence-corrected chi connectivity index (χ1v) is 4.00. The van der Waals surface area contributed by atoms with Crippen LogP contribution in [0.1, 0.15) is 26.7 Å². The molecule has 0 saturated heterocycles. The van der Waals surface area contributed by atoms with E-state index in [9.17, 15) is 5.11 Å². The van der Waals surface area contributed by atoms with E-state index in [1.165, 1.54) is 5.57 Å². The summed E-state index contributed by atoms with van der Waals surface area (Å²) < 4.78 is 0. The SMILES string of the molecule is CCC1=C(O)CC=CC(C)=C1. The molecule has 11 heavy (non-hydrogen) atoms. The molecule has 0 aromatic carbocycles. The second-order valence-electron chi connectivity index (χ2n) is 2.82. The van der Waals surface area contributed by atoms with Crippen molar-refractivity contribution in [3.8, 4) is 0 Å². The maximum absolute atomic E-state index is 9.45. The third-order valence-electron chi connectivity index (χ3n) is 1.85. The van der Waals surface area contributed by atoms with Gasteiger partial charge in [-0.15, -0.1) is 0 Å². The minimum absolute atomic E-state index is 0.514. The van der Waals surface area contributed by atoms with Crippen molar-refractivity contribution >= 4 is 0 Å². The van der Waals surface area contributed by atoms with Crippen LogP contribution in [-0.2, 0) is 0 Å². The van der Waals surface area contributed by atoms with Gasteiger partial charge in [0.1, 0.15) is 0 Å². The molecule has 1 heteroatoms. The summed E-state index contributed by atoms with van der Waals surface area (Å²) in [6.07, 6.45) is 7.66. The molecule has 0 unspecified atom stereocenters. The predicted octanol–water partition coefficient (Wildman–Crippen LogP) is 3.11. The van der Waals surface area contributed by atoms with Gasteiger partial charge in [0, 0.05) is 6.42 Å². The van der Waals surface area contributed by atoms with Crippen molar-refractivity contribution in [3.63, 3.8) is 0 Å². The lowest BCUT2D eigenvalue weighted by atomic mass is 10.1. The Bertz CT molecular complexity index is 231. The molecular formula is C10H14O. The van der Waals surface area contributed by atoms with E-state index in [1.54, 1.807) is 0 Å². The van der Waals surface area contributed by atoms with Gasteiger partial charge >= 0.3 is 0 Å². The summed E-state index contributed by atoms with van der Waals surface area (Å²) in [7, 11) is 0. The molecule has 1 rings (SSSR count). The molecule has 1 aliphatic carbocycles. The molecule has 0 bridgehead atoms. The molecule has 0 heterocycles. The van der Waals surface area contributed by atoms with Crippen LogP contribution in [0.25, 0.3) is 0 Å². The van der Waals surface area contributed by atoms with Crippen LogP contribution in [-0.4, -0.2) is 5.11 Å². The molecule has 0 atom stereocenters. The Labute approximate surface area is 67.7 Å². The molecule has 60 valence electrons. The lowest BCUT2D eigenvalue weighted by Gasteiger charge is -2.00. The van der Waals surface area contributed by atoms with Gasteiger partial charge in [0.2, 0.25) is 0 Å². The van der Waals surface area contributed by atoms with Crippen LogP contribution in [0.3, 0.4) is 0 Å². The first kappa shape index (κ1) is 8.12. The molecule has 0 fully saturated rings. The summed E-state index contributed by atoms with van der Waals surface area (Å²) in [4.78, 5) is 0. The number of hydrogen-bond donors (Lipinski definition) is 1. The third-order valence-corrected chi connectivity index (χ3v) is 1.85. The summed E-state index contributed by atoms with van der Waals surface area (Å²) in [5.41, 5.74) is 2.28. The molecule has 0 aliphatic heterocycles. The van der Waals surface area contributed by atoms with Gasteiger partial charge < -0.3 is 5.11 Å². The molecule has 0 aromatic rings. The van der Waals surface area contributed by atoms with Crippen molar-refractivity contribution in [2.45, 2.75) is 26.7 Å². The fraction of sp³-hybridized carbons (Fsp3) is 0.400. The Morgan fingerprint density at radius 2 is 2.27 bits per heavy atom. The average Bonchev–Trinajstić information content (AvgIpc) is 2.13. The van der Waals surface area contributed by atoms with Crippen LogP contribution in [0.4, 0.5) is 0 Å². The van der Waals surface area contributed by atoms with E-state index in [0.717, 1.165) is 12.0 Å². The van der Waals surface area contributed by atoms with Gasteiger partial charge in [-0.05, 0) is 18.9 Å². The number of hydrogen-bond acceptors (Lipinski definition) is 1. The maximum Gasteiger partial charge on any atom is 0.0992 e. The highest BCUT2D eigenvalue weighted by atomic mass is 16.3. The Morgan fingerprint density at radius 3 is 2.91 bits per heavy atom. The quantitative estimate of drug-likeness (QED) is 0.609. The van der Waals surface area contributed by atoms with Crippen LogP contribution in [0, 0.1) is 0 Å². The van der Waals surface area contributed by atoms with Crippen LogP contribution in [0.2, 0.25) is 0 Å². The van der Waals surface area contributed by atoms with Gasteiger partial charge in [-0.1, -0.05) is 30.7 Å². The van der Waals surface area contributed by atoms with Crippen molar-refractivity contribution in [2.75, 3.05) is 0 Å². The van der Waals surface area contributed by atoms with Gasteiger partial charge in [-0.3, -0.25) is 0 Å². The van der Waals surface area contributed by atoms with E-state index in [-0.39, 0.29) is 0 Å². The standard InChI is InChI=1S/C10H14O/c1-3-9-7-8(2)5-4-6-10(9)11/h4-5,7,11H,3,6H2,1-2H3. The minimum atomic E-state index is 0.514. The molecule has 1 N–H and O–H groups in total. The van der Waals surface area contributed by atoms with Crippen LogP contribution >= 0.6 is 0 Å². The first-order valence-electron chi connectivity index (χ1n) is 4.00. The fourth-order valence-electron chi connectivity index (χ4n) is 1.20. The normalized spacial score (nSPS) is 18.2. The maximum atomic E-state index is 9.45. The topological polar surface area (TPSA) is 20.2 Å². The van der Waals surface area contributed by atoms with Gasteiger partial charge in [0.05, 0.1) is 5.76 Å². The number of allylic oxidation sites excluding steroid dienone is 5. The van der Waals surface area contributed by atoms with E-state index in [0.29, 0.717) is 12.2 Å². The highest BCUT2D eigenvalue weighted by Gasteiger charge is 2.01. The summed E-state index contributed by atoms with van der Waals surface area (Å²) in [5.74, 6) is 0.514. The Kier molecular flexibility index (Phi) is 2.53. The third kappa shape index (κ3) is 1.97. The van der Waals surface area contributed by atoms with Crippen molar-refractivity contribution < 1.29 is 5.11 Å². The second kappa shape index (κ2) is 3.42. The predicted molar refractivity (Wildman–Crippen MR) is 47.5 cm³/mol. The molecule has 0 radical (unpaired) electrons. The lowest BCUT2D eigenvalue weighted by Crippen LogP contribution is -1.84. The van der Waals surface area contributed by atoms with E-state index >= 15 is 0 Å². The zero-order valence-corrected chi connectivity index (χ0v) is 7.09. The van der Waals surface area contributed by atoms with Gasteiger partial charge in [-0.2, -0.15) is 0 Å². The van der Waals surface area contributed by atoms with Gasteiger partial charge in [0.15, 0.2) is 0 Å². The molecule has 1 nitrogen and oxygen atoms in total. The molecule has 0 spiro atoms. The number of aliphatic hydroxyl groups is 1. The zero-order chi connectivity index (χ0) is 8.27. The lowest BCUT2D eigenvalue weighted by molar-refractivity contribution is 0.394. The first-order chi connectivity index (χ1) is 5.24. The molecule has 0 saturated carbocycles. The minimum Gasteiger partial charge on any atom is -0.512 e. The van der Waals surface area contributed by atoms with Crippen LogP contribution in [0.15, 0.2) is 35.1 Å². The molecular weight excluding hydrogens is 136 g/mol. The Hall–Kier alpha value is -0.980. The van der Waals surface area contributed by atoms with E-state index < -0.39 is 0 Å². The Morgan fingerprint density at radius 1 is 1.55 bits per heavy atom. The largest absolute Gasteiger partial charge is 0.512 e. The van der Waals surface area contributed by atoms with Crippen molar-refractivity contribution in [1.82, 2.24) is 0 Å². The highest BCUT2D eigenvalue weighted by Crippen LogP contribution is 2.17. The fourth-order valence-corrected chi connectivity index (χ4v) is 1.20. The molecule has 1 aliphatic rings. The summed E-state index contributed by atoms with van der Waals surface area (Å²) >= 11 is 0. The zero-order valence-electron chi connectivity index (χ0n) is 7.09.